The van der Waals surface area contributed by atoms with Gasteiger partial charge in [-0.1, -0.05) is 24.3 Å². The molecule has 0 aliphatic carbocycles. The van der Waals surface area contributed by atoms with Gasteiger partial charge < -0.3 is 20.3 Å². The summed E-state index contributed by atoms with van der Waals surface area (Å²) in [5, 5.41) is 9.59. The Kier molecular flexibility index (Phi) is 3.71. The third-order valence-corrected chi connectivity index (χ3v) is 3.57. The van der Waals surface area contributed by atoms with E-state index in [1.54, 1.807) is 13.0 Å². The molecule has 1 atom stereocenters. The number of ether oxygens (including phenoxy) is 2. The topological polar surface area (TPSA) is 64.7 Å². The van der Waals surface area contributed by atoms with Crippen LogP contribution in [0.15, 0.2) is 36.4 Å². The zero-order valence-corrected chi connectivity index (χ0v) is 12.0. The molecule has 1 aliphatic rings. The normalized spacial score (nSPS) is 15.3. The van der Waals surface area contributed by atoms with E-state index in [4.69, 9.17) is 15.2 Å². The lowest BCUT2D eigenvalue weighted by Gasteiger charge is -2.14. The number of hydrogen-bond acceptors (Lipinski definition) is 4. The summed E-state index contributed by atoms with van der Waals surface area (Å²) >= 11 is 0. The minimum Gasteiger partial charge on any atom is -0.489 e. The van der Waals surface area contributed by atoms with Crippen molar-refractivity contribution in [3.63, 3.8) is 0 Å². The van der Waals surface area contributed by atoms with Gasteiger partial charge in [0.1, 0.15) is 0 Å². The average molecular weight is 285 g/mol. The van der Waals surface area contributed by atoms with Gasteiger partial charge in [0.05, 0.1) is 19.3 Å². The molecule has 2 aromatic carbocycles. The Hall–Kier alpha value is -2.20. The first kappa shape index (κ1) is 13.8. The molecule has 0 saturated heterocycles. The number of fused-ring (bicyclic) bond motifs is 1. The van der Waals surface area contributed by atoms with Crippen LogP contribution in [0.25, 0.3) is 11.1 Å². The van der Waals surface area contributed by atoms with Crippen molar-refractivity contribution in [1.82, 2.24) is 0 Å². The van der Waals surface area contributed by atoms with Gasteiger partial charge >= 0.3 is 0 Å². The van der Waals surface area contributed by atoms with Gasteiger partial charge in [0, 0.05) is 23.7 Å². The lowest BCUT2D eigenvalue weighted by molar-refractivity contribution is 0.199. The molecule has 0 fully saturated rings. The van der Waals surface area contributed by atoms with Crippen molar-refractivity contribution in [3.05, 3.63) is 42.0 Å². The zero-order valence-electron chi connectivity index (χ0n) is 12.0. The van der Waals surface area contributed by atoms with E-state index in [0.717, 1.165) is 28.9 Å². The fraction of sp³-hybridized carbons (Fsp3) is 0.294. The van der Waals surface area contributed by atoms with Gasteiger partial charge in [-0.05, 0) is 24.1 Å². The summed E-state index contributed by atoms with van der Waals surface area (Å²) in [7, 11) is 0. The van der Waals surface area contributed by atoms with Gasteiger partial charge in [0.25, 0.3) is 0 Å². The molecule has 0 bridgehead atoms. The van der Waals surface area contributed by atoms with Gasteiger partial charge in [0.2, 0.25) is 0 Å². The van der Waals surface area contributed by atoms with E-state index in [0.29, 0.717) is 24.7 Å². The summed E-state index contributed by atoms with van der Waals surface area (Å²) in [4.78, 5) is 0. The molecule has 0 aromatic heterocycles. The molecule has 2 aromatic rings. The lowest BCUT2D eigenvalue weighted by atomic mass is 10.0. The molecule has 21 heavy (non-hydrogen) atoms. The maximum atomic E-state index is 9.59. The smallest absolute Gasteiger partial charge is 0.169 e. The average Bonchev–Trinajstić information content (AvgIpc) is 2.71. The van der Waals surface area contributed by atoms with Crippen LogP contribution in [-0.4, -0.2) is 18.3 Å². The van der Waals surface area contributed by atoms with E-state index in [9.17, 15) is 5.11 Å². The standard InChI is InChI=1S/C17H19NO3/c1-11(19)12-3-5-13(6-4-12)15-9-14(18)10-16-17(15)21-8-2-7-20-16/h3-6,9-11,19H,2,7-8,18H2,1H3. The van der Waals surface area contributed by atoms with Crippen LogP contribution in [0.4, 0.5) is 5.69 Å². The highest BCUT2D eigenvalue weighted by molar-refractivity contribution is 5.78. The van der Waals surface area contributed by atoms with Crippen LogP contribution in [0, 0.1) is 0 Å². The summed E-state index contributed by atoms with van der Waals surface area (Å²) in [6.07, 6.45) is 0.381. The highest BCUT2D eigenvalue weighted by Gasteiger charge is 2.17. The Labute approximate surface area is 124 Å². The van der Waals surface area contributed by atoms with E-state index < -0.39 is 6.10 Å². The van der Waals surface area contributed by atoms with Gasteiger partial charge in [0.15, 0.2) is 11.5 Å². The highest BCUT2D eigenvalue weighted by atomic mass is 16.5. The minimum atomic E-state index is -0.475. The molecule has 0 amide bonds. The molecule has 4 nitrogen and oxygen atoms in total. The fourth-order valence-electron chi connectivity index (χ4n) is 2.45. The number of hydrogen-bond donors (Lipinski definition) is 2. The van der Waals surface area contributed by atoms with E-state index >= 15 is 0 Å². The molecule has 110 valence electrons. The predicted molar refractivity (Wildman–Crippen MR) is 82.5 cm³/mol. The van der Waals surface area contributed by atoms with E-state index in [2.05, 4.69) is 0 Å². The van der Waals surface area contributed by atoms with Crippen LogP contribution in [-0.2, 0) is 0 Å². The second kappa shape index (κ2) is 5.66. The fourth-order valence-corrected chi connectivity index (χ4v) is 2.45. The van der Waals surface area contributed by atoms with Crippen molar-refractivity contribution >= 4 is 5.69 Å². The van der Waals surface area contributed by atoms with Crippen LogP contribution >= 0.6 is 0 Å². The Morgan fingerprint density at radius 3 is 2.52 bits per heavy atom. The molecule has 0 saturated carbocycles. The first-order valence-corrected chi connectivity index (χ1v) is 7.12. The summed E-state index contributed by atoms with van der Waals surface area (Å²) in [5.41, 5.74) is 9.42. The quantitative estimate of drug-likeness (QED) is 0.832. The number of anilines is 1. The van der Waals surface area contributed by atoms with E-state index in [-0.39, 0.29) is 0 Å². The monoisotopic (exact) mass is 285 g/mol. The second-order valence-electron chi connectivity index (χ2n) is 5.24. The van der Waals surface area contributed by atoms with Crippen molar-refractivity contribution in [3.8, 4) is 22.6 Å². The van der Waals surface area contributed by atoms with Crippen LogP contribution in [0.3, 0.4) is 0 Å². The maximum Gasteiger partial charge on any atom is 0.169 e. The first-order chi connectivity index (χ1) is 10.1. The third-order valence-electron chi connectivity index (χ3n) is 3.57. The largest absolute Gasteiger partial charge is 0.489 e. The molecular formula is C17H19NO3. The van der Waals surface area contributed by atoms with Gasteiger partial charge in [-0.15, -0.1) is 0 Å². The summed E-state index contributed by atoms with van der Waals surface area (Å²) in [5.74, 6) is 1.44. The summed E-state index contributed by atoms with van der Waals surface area (Å²) < 4.78 is 11.5. The first-order valence-electron chi connectivity index (χ1n) is 7.12. The molecular weight excluding hydrogens is 266 g/mol. The van der Waals surface area contributed by atoms with Gasteiger partial charge in [-0.25, -0.2) is 0 Å². The third kappa shape index (κ3) is 2.81. The van der Waals surface area contributed by atoms with Crippen molar-refractivity contribution in [2.24, 2.45) is 0 Å². The molecule has 4 heteroatoms. The molecule has 1 aliphatic heterocycles. The molecule has 0 spiro atoms. The Bertz CT molecular complexity index is 635. The molecule has 1 unspecified atom stereocenters. The molecule has 1 heterocycles. The number of rotatable bonds is 2. The van der Waals surface area contributed by atoms with Crippen molar-refractivity contribution in [2.45, 2.75) is 19.4 Å². The number of aliphatic hydroxyl groups excluding tert-OH is 1. The minimum absolute atomic E-state index is 0.475. The Morgan fingerprint density at radius 2 is 1.81 bits per heavy atom. The molecule has 0 radical (unpaired) electrons. The maximum absolute atomic E-state index is 9.59. The van der Waals surface area contributed by atoms with Crippen molar-refractivity contribution in [1.29, 1.82) is 0 Å². The van der Waals surface area contributed by atoms with Gasteiger partial charge in [-0.3, -0.25) is 0 Å². The highest BCUT2D eigenvalue weighted by Crippen LogP contribution is 2.41. The van der Waals surface area contributed by atoms with Crippen LogP contribution in [0.1, 0.15) is 25.0 Å². The summed E-state index contributed by atoms with van der Waals surface area (Å²) in [6.45, 7) is 3.02. The molecule has 3 rings (SSSR count). The van der Waals surface area contributed by atoms with E-state index in [1.165, 1.54) is 0 Å². The zero-order chi connectivity index (χ0) is 14.8. The van der Waals surface area contributed by atoms with Crippen molar-refractivity contribution in [2.75, 3.05) is 18.9 Å². The SMILES string of the molecule is CC(O)c1ccc(-c2cc(N)cc3c2OCCCO3)cc1. The predicted octanol–water partition coefficient (Wildman–Crippen LogP) is 3.15. The number of benzene rings is 2. The number of nitrogen functional groups attached to an aromatic ring is 1. The van der Waals surface area contributed by atoms with Gasteiger partial charge in [-0.2, -0.15) is 0 Å². The number of nitrogens with two attached hydrogens (primary N) is 1. The Balaban J connectivity index is 2.07. The van der Waals surface area contributed by atoms with E-state index in [1.807, 2.05) is 30.3 Å². The number of aliphatic hydroxyl groups is 1. The van der Waals surface area contributed by atoms with Crippen LogP contribution < -0.4 is 15.2 Å². The van der Waals surface area contributed by atoms with Crippen LogP contribution in [0.2, 0.25) is 0 Å². The lowest BCUT2D eigenvalue weighted by Crippen LogP contribution is -1.98. The second-order valence-corrected chi connectivity index (χ2v) is 5.24. The Morgan fingerprint density at radius 1 is 1.10 bits per heavy atom. The van der Waals surface area contributed by atoms with Crippen LogP contribution in [0.5, 0.6) is 11.5 Å². The summed E-state index contributed by atoms with van der Waals surface area (Å²) in [6, 6.07) is 11.4. The molecule has 3 N–H and O–H groups in total. The van der Waals surface area contributed by atoms with Crippen molar-refractivity contribution < 1.29 is 14.6 Å².